The van der Waals surface area contributed by atoms with Crippen LogP contribution in [0, 0.1) is 6.92 Å². The Balaban J connectivity index is 2.56. The molecule has 0 amide bonds. The zero-order chi connectivity index (χ0) is 11.3. The standard InChI is InChI=1S/C11H20N4/c1-4-5-6-15(3)8-11-13-9(2)7-10(12)14-11/h7H,4-6,8H2,1-3H3,(H2,12,13,14). The number of hydrogen-bond acceptors (Lipinski definition) is 4. The summed E-state index contributed by atoms with van der Waals surface area (Å²) >= 11 is 0. The second-order valence-electron chi connectivity index (χ2n) is 3.94. The molecule has 0 fully saturated rings. The Labute approximate surface area is 91.5 Å². The van der Waals surface area contributed by atoms with Crippen molar-refractivity contribution in [2.24, 2.45) is 0 Å². The average molecular weight is 208 g/mol. The van der Waals surface area contributed by atoms with Crippen molar-refractivity contribution in [3.63, 3.8) is 0 Å². The Bertz CT molecular complexity index is 291. The van der Waals surface area contributed by atoms with Crippen LogP contribution in [-0.4, -0.2) is 28.5 Å². The van der Waals surface area contributed by atoms with Crippen LogP contribution < -0.4 is 5.73 Å². The molecule has 0 spiro atoms. The largest absolute Gasteiger partial charge is 0.384 e. The van der Waals surface area contributed by atoms with Crippen LogP contribution in [0.3, 0.4) is 0 Å². The molecule has 15 heavy (non-hydrogen) atoms. The molecule has 0 aliphatic rings. The number of aromatic nitrogens is 2. The van der Waals surface area contributed by atoms with E-state index >= 15 is 0 Å². The molecule has 4 nitrogen and oxygen atoms in total. The van der Waals surface area contributed by atoms with Crippen molar-refractivity contribution in [3.05, 3.63) is 17.6 Å². The Kier molecular flexibility index (Phi) is 4.49. The van der Waals surface area contributed by atoms with Gasteiger partial charge in [-0.25, -0.2) is 9.97 Å². The van der Waals surface area contributed by atoms with E-state index in [0.717, 1.165) is 24.6 Å². The van der Waals surface area contributed by atoms with E-state index in [1.807, 2.05) is 6.92 Å². The first-order valence-corrected chi connectivity index (χ1v) is 5.40. The second-order valence-corrected chi connectivity index (χ2v) is 3.94. The maximum absolute atomic E-state index is 5.67. The van der Waals surface area contributed by atoms with E-state index in [2.05, 4.69) is 28.8 Å². The van der Waals surface area contributed by atoms with Crippen LogP contribution >= 0.6 is 0 Å². The van der Waals surface area contributed by atoms with Gasteiger partial charge in [0.15, 0.2) is 0 Å². The van der Waals surface area contributed by atoms with Crippen molar-refractivity contribution >= 4 is 5.82 Å². The van der Waals surface area contributed by atoms with Crippen LogP contribution in [0.25, 0.3) is 0 Å². The fraction of sp³-hybridized carbons (Fsp3) is 0.636. The molecule has 0 unspecified atom stereocenters. The SMILES string of the molecule is CCCCN(C)Cc1nc(C)cc(N)n1. The summed E-state index contributed by atoms with van der Waals surface area (Å²) in [5.74, 6) is 1.37. The summed E-state index contributed by atoms with van der Waals surface area (Å²) in [6.07, 6.45) is 2.42. The number of nitrogens with two attached hydrogens (primary N) is 1. The van der Waals surface area contributed by atoms with E-state index < -0.39 is 0 Å². The molecule has 2 N–H and O–H groups in total. The van der Waals surface area contributed by atoms with E-state index in [0.29, 0.717) is 5.82 Å². The summed E-state index contributed by atoms with van der Waals surface area (Å²) in [6.45, 7) is 5.97. The van der Waals surface area contributed by atoms with Crippen LogP contribution in [0.4, 0.5) is 5.82 Å². The van der Waals surface area contributed by atoms with Crippen molar-refractivity contribution in [2.75, 3.05) is 19.3 Å². The highest BCUT2D eigenvalue weighted by atomic mass is 15.1. The lowest BCUT2D eigenvalue weighted by molar-refractivity contribution is 0.312. The fourth-order valence-electron chi connectivity index (χ4n) is 1.48. The zero-order valence-corrected chi connectivity index (χ0v) is 9.82. The number of aryl methyl sites for hydroxylation is 1. The Morgan fingerprint density at radius 2 is 2.13 bits per heavy atom. The summed E-state index contributed by atoms with van der Waals surface area (Å²) in [4.78, 5) is 10.8. The minimum atomic E-state index is 0.557. The number of unbranched alkanes of at least 4 members (excludes halogenated alkanes) is 1. The minimum Gasteiger partial charge on any atom is -0.384 e. The topological polar surface area (TPSA) is 55.0 Å². The predicted molar refractivity (Wildman–Crippen MR) is 62.4 cm³/mol. The first-order chi connectivity index (χ1) is 7.11. The van der Waals surface area contributed by atoms with E-state index in [4.69, 9.17) is 5.73 Å². The lowest BCUT2D eigenvalue weighted by Crippen LogP contribution is -2.21. The van der Waals surface area contributed by atoms with Crippen LogP contribution in [0.5, 0.6) is 0 Å². The van der Waals surface area contributed by atoms with Gasteiger partial charge in [0, 0.05) is 11.8 Å². The third-order valence-corrected chi connectivity index (χ3v) is 2.23. The highest BCUT2D eigenvalue weighted by Crippen LogP contribution is 2.04. The van der Waals surface area contributed by atoms with Crippen molar-refractivity contribution < 1.29 is 0 Å². The molecule has 0 saturated heterocycles. The summed E-state index contributed by atoms with van der Waals surface area (Å²) in [5.41, 5.74) is 6.60. The summed E-state index contributed by atoms with van der Waals surface area (Å²) in [7, 11) is 2.08. The van der Waals surface area contributed by atoms with Crippen LogP contribution in [-0.2, 0) is 6.54 Å². The highest BCUT2D eigenvalue weighted by molar-refractivity contribution is 5.29. The number of nitrogens with zero attached hydrogens (tertiary/aromatic N) is 3. The average Bonchev–Trinajstić information content (AvgIpc) is 2.13. The molecule has 0 saturated carbocycles. The van der Waals surface area contributed by atoms with Crippen LogP contribution in [0.1, 0.15) is 31.3 Å². The number of anilines is 1. The van der Waals surface area contributed by atoms with Crippen molar-refractivity contribution in [1.29, 1.82) is 0 Å². The van der Waals surface area contributed by atoms with E-state index in [1.54, 1.807) is 6.07 Å². The Hall–Kier alpha value is -1.16. The molecule has 1 rings (SSSR count). The first-order valence-electron chi connectivity index (χ1n) is 5.40. The Morgan fingerprint density at radius 1 is 1.40 bits per heavy atom. The smallest absolute Gasteiger partial charge is 0.144 e. The van der Waals surface area contributed by atoms with E-state index in [-0.39, 0.29) is 0 Å². The van der Waals surface area contributed by atoms with Crippen molar-refractivity contribution in [3.8, 4) is 0 Å². The number of rotatable bonds is 5. The molecule has 0 atom stereocenters. The molecular weight excluding hydrogens is 188 g/mol. The van der Waals surface area contributed by atoms with E-state index in [1.165, 1.54) is 12.8 Å². The van der Waals surface area contributed by atoms with Crippen LogP contribution in [0.2, 0.25) is 0 Å². The first kappa shape index (κ1) is 11.9. The third-order valence-electron chi connectivity index (χ3n) is 2.23. The van der Waals surface area contributed by atoms with Gasteiger partial charge in [-0.2, -0.15) is 0 Å². The molecule has 0 aliphatic carbocycles. The molecule has 0 bridgehead atoms. The summed E-state index contributed by atoms with van der Waals surface area (Å²) in [6, 6.07) is 1.79. The molecule has 0 aliphatic heterocycles. The third kappa shape index (κ3) is 4.25. The highest BCUT2D eigenvalue weighted by Gasteiger charge is 2.03. The molecular formula is C11H20N4. The second kappa shape index (κ2) is 5.66. The fourth-order valence-corrected chi connectivity index (χ4v) is 1.48. The molecule has 1 aromatic heterocycles. The van der Waals surface area contributed by atoms with Gasteiger partial charge in [0.25, 0.3) is 0 Å². The van der Waals surface area contributed by atoms with Gasteiger partial charge in [0.2, 0.25) is 0 Å². The molecule has 1 heterocycles. The van der Waals surface area contributed by atoms with Gasteiger partial charge in [-0.05, 0) is 26.9 Å². The normalized spacial score (nSPS) is 10.9. The lowest BCUT2D eigenvalue weighted by Gasteiger charge is -2.15. The van der Waals surface area contributed by atoms with Gasteiger partial charge in [0.1, 0.15) is 11.6 Å². The summed E-state index contributed by atoms with van der Waals surface area (Å²) in [5, 5.41) is 0. The summed E-state index contributed by atoms with van der Waals surface area (Å²) < 4.78 is 0. The zero-order valence-electron chi connectivity index (χ0n) is 9.82. The maximum Gasteiger partial charge on any atom is 0.144 e. The molecule has 0 radical (unpaired) electrons. The van der Waals surface area contributed by atoms with Crippen LogP contribution in [0.15, 0.2) is 6.07 Å². The van der Waals surface area contributed by atoms with Crippen molar-refractivity contribution in [1.82, 2.24) is 14.9 Å². The van der Waals surface area contributed by atoms with E-state index in [9.17, 15) is 0 Å². The van der Waals surface area contributed by atoms with Gasteiger partial charge in [-0.1, -0.05) is 13.3 Å². The quantitative estimate of drug-likeness (QED) is 0.798. The molecule has 4 heteroatoms. The molecule has 0 aromatic carbocycles. The van der Waals surface area contributed by atoms with Gasteiger partial charge in [0.05, 0.1) is 6.54 Å². The van der Waals surface area contributed by atoms with Gasteiger partial charge >= 0.3 is 0 Å². The minimum absolute atomic E-state index is 0.557. The molecule has 84 valence electrons. The van der Waals surface area contributed by atoms with Crippen molar-refractivity contribution in [2.45, 2.75) is 33.2 Å². The Morgan fingerprint density at radius 3 is 2.73 bits per heavy atom. The van der Waals surface area contributed by atoms with Gasteiger partial charge in [-0.3, -0.25) is 4.90 Å². The maximum atomic E-state index is 5.67. The van der Waals surface area contributed by atoms with Gasteiger partial charge in [-0.15, -0.1) is 0 Å². The monoisotopic (exact) mass is 208 g/mol. The number of hydrogen-bond donors (Lipinski definition) is 1. The number of nitrogen functional groups attached to an aromatic ring is 1. The lowest BCUT2D eigenvalue weighted by atomic mass is 10.3. The molecule has 1 aromatic rings. The van der Waals surface area contributed by atoms with Gasteiger partial charge < -0.3 is 5.73 Å². The predicted octanol–water partition coefficient (Wildman–Crippen LogP) is 1.60.